The van der Waals surface area contributed by atoms with E-state index in [2.05, 4.69) is 20.3 Å². The molecule has 1 N–H and O–H groups in total. The summed E-state index contributed by atoms with van der Waals surface area (Å²) in [7, 11) is 0. The van der Waals surface area contributed by atoms with Crippen molar-refractivity contribution in [2.45, 2.75) is 6.54 Å². The largest absolute Gasteiger partial charge is 0.375 e. The highest BCUT2D eigenvalue weighted by atomic mass is 35.5. The lowest BCUT2D eigenvalue weighted by molar-refractivity contribution is -0.382. The van der Waals surface area contributed by atoms with Gasteiger partial charge in [0.15, 0.2) is 0 Å². The standard InChI is InChI=1S/C13H9ClN4O3/c14-9-3-1-8(2-4-9)7-15-11-6-5-10-12(17-21-16-10)13(11)18(19)20/h1-6,15H,7H2. The Bertz CT molecular complexity index is 801. The number of hydrogen-bond acceptors (Lipinski definition) is 6. The highest BCUT2D eigenvalue weighted by Gasteiger charge is 2.22. The van der Waals surface area contributed by atoms with E-state index in [1.54, 1.807) is 24.3 Å². The maximum absolute atomic E-state index is 11.2. The lowest BCUT2D eigenvalue weighted by atomic mass is 10.2. The van der Waals surface area contributed by atoms with Crippen LogP contribution in [0, 0.1) is 10.1 Å². The number of fused-ring (bicyclic) bond motifs is 1. The normalized spacial score (nSPS) is 10.7. The zero-order valence-electron chi connectivity index (χ0n) is 10.6. The first kappa shape index (κ1) is 13.3. The van der Waals surface area contributed by atoms with E-state index < -0.39 is 4.92 Å². The molecule has 0 saturated heterocycles. The Balaban J connectivity index is 1.91. The summed E-state index contributed by atoms with van der Waals surface area (Å²) in [5.74, 6) is 0. The molecule has 0 fully saturated rings. The van der Waals surface area contributed by atoms with Crippen LogP contribution in [0.3, 0.4) is 0 Å². The second kappa shape index (κ2) is 5.37. The molecule has 0 aliphatic carbocycles. The van der Waals surface area contributed by atoms with Crippen LogP contribution in [0.1, 0.15) is 5.56 Å². The van der Waals surface area contributed by atoms with E-state index in [-0.39, 0.29) is 11.2 Å². The van der Waals surface area contributed by atoms with E-state index in [1.165, 1.54) is 0 Å². The number of rotatable bonds is 4. The van der Waals surface area contributed by atoms with Gasteiger partial charge >= 0.3 is 5.69 Å². The van der Waals surface area contributed by atoms with Gasteiger partial charge in [-0.25, -0.2) is 4.63 Å². The number of nitrogens with one attached hydrogen (secondary N) is 1. The van der Waals surface area contributed by atoms with Crippen LogP contribution in [0.2, 0.25) is 5.02 Å². The first-order chi connectivity index (χ1) is 10.1. The summed E-state index contributed by atoms with van der Waals surface area (Å²) >= 11 is 5.81. The summed E-state index contributed by atoms with van der Waals surface area (Å²) < 4.78 is 4.54. The summed E-state index contributed by atoms with van der Waals surface area (Å²) in [6.07, 6.45) is 0. The fourth-order valence-electron chi connectivity index (χ4n) is 1.96. The first-order valence-electron chi connectivity index (χ1n) is 6.03. The van der Waals surface area contributed by atoms with Crippen LogP contribution in [0.4, 0.5) is 11.4 Å². The minimum Gasteiger partial charge on any atom is -0.375 e. The molecule has 1 heterocycles. The second-order valence-corrected chi connectivity index (χ2v) is 4.77. The Morgan fingerprint density at radius 1 is 1.19 bits per heavy atom. The number of benzene rings is 2. The van der Waals surface area contributed by atoms with Crippen molar-refractivity contribution in [3.8, 4) is 0 Å². The SMILES string of the molecule is O=[N+]([O-])c1c(NCc2ccc(Cl)cc2)ccc2nonc12. The molecule has 1 aromatic heterocycles. The van der Waals surface area contributed by atoms with Gasteiger partial charge in [0, 0.05) is 11.6 Å². The van der Waals surface area contributed by atoms with Crippen LogP contribution in [0.15, 0.2) is 41.0 Å². The van der Waals surface area contributed by atoms with Gasteiger partial charge in [-0.15, -0.1) is 0 Å². The van der Waals surface area contributed by atoms with Crippen LogP contribution in [0.5, 0.6) is 0 Å². The maximum atomic E-state index is 11.2. The van der Waals surface area contributed by atoms with Crippen LogP contribution < -0.4 is 5.32 Å². The molecule has 8 heteroatoms. The molecule has 0 unspecified atom stereocenters. The Hall–Kier alpha value is -2.67. The number of nitro benzene ring substituents is 1. The van der Waals surface area contributed by atoms with Crippen molar-refractivity contribution in [1.29, 1.82) is 0 Å². The molecule has 106 valence electrons. The minimum atomic E-state index is -0.503. The van der Waals surface area contributed by atoms with Crippen molar-refractivity contribution >= 4 is 34.0 Å². The Morgan fingerprint density at radius 2 is 1.95 bits per heavy atom. The number of anilines is 1. The topological polar surface area (TPSA) is 94.1 Å². The molecular formula is C13H9ClN4O3. The lowest BCUT2D eigenvalue weighted by Crippen LogP contribution is -2.03. The van der Waals surface area contributed by atoms with Gasteiger partial charge in [-0.1, -0.05) is 23.7 Å². The van der Waals surface area contributed by atoms with Gasteiger partial charge in [0.05, 0.1) is 4.92 Å². The fraction of sp³-hybridized carbons (Fsp3) is 0.0769. The Kier molecular flexibility index (Phi) is 3.41. The molecule has 0 amide bonds. The van der Waals surface area contributed by atoms with E-state index in [4.69, 9.17) is 11.6 Å². The quantitative estimate of drug-likeness (QED) is 0.586. The lowest BCUT2D eigenvalue weighted by Gasteiger charge is -2.07. The monoisotopic (exact) mass is 304 g/mol. The van der Waals surface area contributed by atoms with E-state index in [0.29, 0.717) is 22.8 Å². The summed E-state index contributed by atoms with van der Waals surface area (Å²) in [5.41, 5.74) is 1.63. The van der Waals surface area contributed by atoms with Crippen LogP contribution in [-0.4, -0.2) is 15.2 Å². The number of aromatic nitrogens is 2. The molecule has 3 rings (SSSR count). The van der Waals surface area contributed by atoms with Gasteiger partial charge in [0.25, 0.3) is 0 Å². The Labute approximate surface area is 123 Å². The average molecular weight is 305 g/mol. The molecule has 0 saturated carbocycles. The summed E-state index contributed by atoms with van der Waals surface area (Å²) in [6, 6.07) is 10.4. The highest BCUT2D eigenvalue weighted by molar-refractivity contribution is 6.30. The van der Waals surface area contributed by atoms with Crippen LogP contribution in [0.25, 0.3) is 11.0 Å². The number of nitro groups is 1. The van der Waals surface area contributed by atoms with Crippen LogP contribution >= 0.6 is 11.6 Å². The van der Waals surface area contributed by atoms with Gasteiger partial charge in [0.1, 0.15) is 11.2 Å². The van der Waals surface area contributed by atoms with Crippen LogP contribution in [-0.2, 0) is 6.54 Å². The molecular weight excluding hydrogens is 296 g/mol. The molecule has 0 aliphatic rings. The predicted octanol–water partition coefficient (Wildman–Crippen LogP) is 3.40. The van der Waals surface area contributed by atoms with E-state index in [9.17, 15) is 10.1 Å². The fourth-order valence-corrected chi connectivity index (χ4v) is 2.09. The third-order valence-corrected chi connectivity index (χ3v) is 3.23. The molecule has 0 bridgehead atoms. The van der Waals surface area contributed by atoms with Gasteiger partial charge in [-0.2, -0.15) is 0 Å². The number of nitrogens with zero attached hydrogens (tertiary/aromatic N) is 3. The summed E-state index contributed by atoms with van der Waals surface area (Å²) in [6.45, 7) is 0.425. The highest BCUT2D eigenvalue weighted by Crippen LogP contribution is 2.31. The zero-order valence-corrected chi connectivity index (χ0v) is 11.4. The van der Waals surface area contributed by atoms with Crippen molar-refractivity contribution in [2.24, 2.45) is 0 Å². The zero-order chi connectivity index (χ0) is 14.8. The third-order valence-electron chi connectivity index (χ3n) is 2.98. The van der Waals surface area contributed by atoms with Gasteiger partial charge in [-0.05, 0) is 40.1 Å². The average Bonchev–Trinajstić information content (AvgIpc) is 2.94. The molecule has 3 aromatic rings. The molecule has 0 spiro atoms. The smallest absolute Gasteiger partial charge is 0.323 e. The third kappa shape index (κ3) is 2.63. The van der Waals surface area contributed by atoms with Crippen molar-refractivity contribution < 1.29 is 9.55 Å². The molecule has 7 nitrogen and oxygen atoms in total. The van der Waals surface area contributed by atoms with Crippen molar-refractivity contribution in [2.75, 3.05) is 5.32 Å². The van der Waals surface area contributed by atoms with Crippen molar-refractivity contribution in [3.05, 3.63) is 57.1 Å². The maximum Gasteiger partial charge on any atom is 0.323 e. The summed E-state index contributed by atoms with van der Waals surface area (Å²) in [4.78, 5) is 10.7. The van der Waals surface area contributed by atoms with E-state index >= 15 is 0 Å². The van der Waals surface area contributed by atoms with Gasteiger partial charge < -0.3 is 5.32 Å². The molecule has 0 radical (unpaired) electrons. The first-order valence-corrected chi connectivity index (χ1v) is 6.41. The van der Waals surface area contributed by atoms with Crippen molar-refractivity contribution in [1.82, 2.24) is 10.3 Å². The number of hydrogen-bond donors (Lipinski definition) is 1. The molecule has 0 aliphatic heterocycles. The molecule has 2 aromatic carbocycles. The molecule has 21 heavy (non-hydrogen) atoms. The summed E-state index contributed by atoms with van der Waals surface area (Å²) in [5, 5.41) is 22.1. The van der Waals surface area contributed by atoms with Gasteiger partial charge in [0.2, 0.25) is 5.52 Å². The van der Waals surface area contributed by atoms with Gasteiger partial charge in [-0.3, -0.25) is 10.1 Å². The second-order valence-electron chi connectivity index (χ2n) is 4.33. The predicted molar refractivity (Wildman–Crippen MR) is 77.2 cm³/mol. The minimum absolute atomic E-state index is 0.126. The van der Waals surface area contributed by atoms with Crippen molar-refractivity contribution in [3.63, 3.8) is 0 Å². The Morgan fingerprint density at radius 3 is 2.67 bits per heavy atom. The van der Waals surface area contributed by atoms with E-state index in [0.717, 1.165) is 5.56 Å². The van der Waals surface area contributed by atoms with E-state index in [1.807, 2.05) is 12.1 Å². The number of halogens is 1. The molecule has 0 atom stereocenters.